The first kappa shape index (κ1) is 12.1. The largest absolute Gasteiger partial charge is 0.381 e. The second-order valence-electron chi connectivity index (χ2n) is 4.38. The van der Waals surface area contributed by atoms with Gasteiger partial charge in [-0.3, -0.25) is 4.21 Å². The van der Waals surface area contributed by atoms with Crippen molar-refractivity contribution >= 4 is 16.5 Å². The number of rotatable bonds is 2. The minimum atomic E-state index is -0.636. The molecule has 0 atom stereocenters. The molecule has 1 aliphatic heterocycles. The standard InChI is InChI=1S/C13H16N2OS/c1-10-3-2-4-11(9-14)13(10)15-12-5-7-17(16)8-6-12/h2-4,12,15H,5-8H2,1H3. The molecule has 17 heavy (non-hydrogen) atoms. The van der Waals surface area contributed by atoms with Crippen LogP contribution in [0.1, 0.15) is 24.0 Å². The van der Waals surface area contributed by atoms with Gasteiger partial charge in [0.25, 0.3) is 0 Å². The van der Waals surface area contributed by atoms with E-state index in [9.17, 15) is 4.21 Å². The first-order valence-corrected chi connectivity index (χ1v) is 7.30. The quantitative estimate of drug-likeness (QED) is 0.873. The van der Waals surface area contributed by atoms with Crippen molar-refractivity contribution in [3.63, 3.8) is 0 Å². The Morgan fingerprint density at radius 1 is 1.41 bits per heavy atom. The van der Waals surface area contributed by atoms with Crippen molar-refractivity contribution in [2.24, 2.45) is 0 Å². The second-order valence-corrected chi connectivity index (χ2v) is 6.07. The number of nitriles is 1. The van der Waals surface area contributed by atoms with Gasteiger partial charge in [-0.15, -0.1) is 0 Å². The maximum Gasteiger partial charge on any atom is 0.101 e. The number of aryl methyl sites for hydroxylation is 1. The van der Waals surface area contributed by atoms with Crippen molar-refractivity contribution < 1.29 is 4.21 Å². The second kappa shape index (κ2) is 5.33. The van der Waals surface area contributed by atoms with Crippen LogP contribution < -0.4 is 5.32 Å². The van der Waals surface area contributed by atoms with Crippen LogP contribution in [0.15, 0.2) is 18.2 Å². The van der Waals surface area contributed by atoms with Gasteiger partial charge >= 0.3 is 0 Å². The van der Waals surface area contributed by atoms with E-state index in [0.717, 1.165) is 35.6 Å². The predicted molar refractivity (Wildman–Crippen MR) is 70.4 cm³/mol. The molecule has 1 N–H and O–H groups in total. The Hall–Kier alpha value is -1.34. The Labute approximate surface area is 104 Å². The fourth-order valence-corrected chi connectivity index (χ4v) is 3.39. The minimum Gasteiger partial charge on any atom is -0.381 e. The molecular formula is C13H16N2OS. The third-order valence-corrected chi connectivity index (χ3v) is 4.51. The topological polar surface area (TPSA) is 52.9 Å². The Bertz CT molecular complexity index is 469. The van der Waals surface area contributed by atoms with Gasteiger partial charge in [-0.1, -0.05) is 12.1 Å². The summed E-state index contributed by atoms with van der Waals surface area (Å²) in [7, 11) is -0.636. The number of hydrogen-bond acceptors (Lipinski definition) is 3. The lowest BCUT2D eigenvalue weighted by atomic mass is 10.1. The Morgan fingerprint density at radius 3 is 2.76 bits per heavy atom. The zero-order valence-corrected chi connectivity index (χ0v) is 10.7. The molecule has 0 spiro atoms. The Kier molecular flexibility index (Phi) is 3.80. The van der Waals surface area contributed by atoms with Crippen LogP contribution >= 0.6 is 0 Å². The van der Waals surface area contributed by atoms with Gasteiger partial charge in [-0.25, -0.2) is 0 Å². The molecule has 0 unspecified atom stereocenters. The first-order valence-electron chi connectivity index (χ1n) is 5.82. The number of hydrogen-bond donors (Lipinski definition) is 1. The van der Waals surface area contributed by atoms with E-state index >= 15 is 0 Å². The fraction of sp³-hybridized carbons (Fsp3) is 0.462. The van der Waals surface area contributed by atoms with E-state index in [1.54, 1.807) is 0 Å². The summed E-state index contributed by atoms with van der Waals surface area (Å²) in [6.45, 7) is 2.00. The van der Waals surface area contributed by atoms with Crippen LogP contribution in [0.25, 0.3) is 0 Å². The average Bonchev–Trinajstić information content (AvgIpc) is 2.34. The molecule has 0 aliphatic carbocycles. The van der Waals surface area contributed by atoms with Crippen LogP contribution in [0.3, 0.4) is 0 Å². The van der Waals surface area contributed by atoms with Crippen molar-refractivity contribution in [3.05, 3.63) is 29.3 Å². The molecule has 1 aromatic carbocycles. The molecule has 0 amide bonds. The van der Waals surface area contributed by atoms with Crippen molar-refractivity contribution in [2.75, 3.05) is 16.8 Å². The van der Waals surface area contributed by atoms with Crippen LogP contribution in [0, 0.1) is 18.3 Å². The molecule has 1 saturated heterocycles. The maximum atomic E-state index is 11.3. The lowest BCUT2D eigenvalue weighted by Crippen LogP contribution is -2.29. The lowest BCUT2D eigenvalue weighted by molar-refractivity contribution is 0.624. The van der Waals surface area contributed by atoms with Crippen LogP contribution in [0.4, 0.5) is 5.69 Å². The highest BCUT2D eigenvalue weighted by atomic mass is 32.2. The summed E-state index contributed by atoms with van der Waals surface area (Å²) in [4.78, 5) is 0. The maximum absolute atomic E-state index is 11.3. The summed E-state index contributed by atoms with van der Waals surface area (Å²) in [5, 5.41) is 12.5. The third-order valence-electron chi connectivity index (χ3n) is 3.13. The summed E-state index contributed by atoms with van der Waals surface area (Å²) < 4.78 is 11.3. The van der Waals surface area contributed by atoms with Crippen LogP contribution in [-0.4, -0.2) is 21.8 Å². The molecule has 1 aliphatic rings. The molecule has 4 heteroatoms. The summed E-state index contributed by atoms with van der Waals surface area (Å²) in [6, 6.07) is 8.29. The van der Waals surface area contributed by atoms with Crippen molar-refractivity contribution in [2.45, 2.75) is 25.8 Å². The van der Waals surface area contributed by atoms with Gasteiger partial charge in [0.05, 0.1) is 11.3 Å². The average molecular weight is 248 g/mol. The summed E-state index contributed by atoms with van der Waals surface area (Å²) >= 11 is 0. The number of nitrogens with zero attached hydrogens (tertiary/aromatic N) is 1. The van der Waals surface area contributed by atoms with Crippen LogP contribution in [0.2, 0.25) is 0 Å². The zero-order valence-electron chi connectivity index (χ0n) is 9.90. The van der Waals surface area contributed by atoms with E-state index in [-0.39, 0.29) is 0 Å². The molecule has 0 radical (unpaired) electrons. The van der Waals surface area contributed by atoms with E-state index in [1.807, 2.05) is 25.1 Å². The highest BCUT2D eigenvalue weighted by Crippen LogP contribution is 2.23. The van der Waals surface area contributed by atoms with Gasteiger partial charge in [0, 0.05) is 28.3 Å². The molecule has 90 valence electrons. The molecule has 2 rings (SSSR count). The van der Waals surface area contributed by atoms with Gasteiger partial charge in [-0.2, -0.15) is 5.26 Å². The SMILES string of the molecule is Cc1cccc(C#N)c1NC1CCS(=O)CC1. The highest BCUT2D eigenvalue weighted by molar-refractivity contribution is 7.85. The zero-order chi connectivity index (χ0) is 12.3. The van der Waals surface area contributed by atoms with Crippen molar-refractivity contribution in [1.29, 1.82) is 5.26 Å². The van der Waals surface area contributed by atoms with E-state index in [1.165, 1.54) is 0 Å². The van der Waals surface area contributed by atoms with E-state index in [2.05, 4.69) is 11.4 Å². The summed E-state index contributed by atoms with van der Waals surface area (Å²) in [5.74, 6) is 1.54. The minimum absolute atomic E-state index is 0.348. The molecule has 0 bridgehead atoms. The number of para-hydroxylation sites is 1. The first-order chi connectivity index (χ1) is 8.20. The summed E-state index contributed by atoms with van der Waals surface area (Å²) in [5.41, 5.74) is 2.72. The van der Waals surface area contributed by atoms with Gasteiger partial charge in [0.15, 0.2) is 0 Å². The molecule has 1 heterocycles. The fourth-order valence-electron chi connectivity index (χ4n) is 2.09. The monoisotopic (exact) mass is 248 g/mol. The molecule has 1 fully saturated rings. The van der Waals surface area contributed by atoms with Crippen LogP contribution in [0.5, 0.6) is 0 Å². The predicted octanol–water partition coefficient (Wildman–Crippen LogP) is 2.19. The van der Waals surface area contributed by atoms with E-state index < -0.39 is 10.8 Å². The summed E-state index contributed by atoms with van der Waals surface area (Å²) in [6.07, 6.45) is 1.84. The van der Waals surface area contributed by atoms with Crippen LogP contribution in [-0.2, 0) is 10.8 Å². The van der Waals surface area contributed by atoms with E-state index in [4.69, 9.17) is 5.26 Å². The molecule has 1 aromatic rings. The van der Waals surface area contributed by atoms with Gasteiger partial charge in [-0.05, 0) is 31.4 Å². The van der Waals surface area contributed by atoms with Gasteiger partial charge in [0.2, 0.25) is 0 Å². The molecule has 3 nitrogen and oxygen atoms in total. The highest BCUT2D eigenvalue weighted by Gasteiger charge is 2.19. The van der Waals surface area contributed by atoms with Crippen molar-refractivity contribution in [1.82, 2.24) is 0 Å². The van der Waals surface area contributed by atoms with E-state index in [0.29, 0.717) is 11.6 Å². The molecular weight excluding hydrogens is 232 g/mol. The Balaban J connectivity index is 2.13. The number of anilines is 1. The Morgan fingerprint density at radius 2 is 2.12 bits per heavy atom. The number of nitrogens with one attached hydrogen (secondary N) is 1. The van der Waals surface area contributed by atoms with Gasteiger partial charge < -0.3 is 5.32 Å². The smallest absolute Gasteiger partial charge is 0.101 e. The molecule has 0 saturated carbocycles. The number of benzene rings is 1. The molecule has 0 aromatic heterocycles. The lowest BCUT2D eigenvalue weighted by Gasteiger charge is -2.25. The third kappa shape index (κ3) is 2.86. The normalized spacial score (nSPS) is 24.0. The van der Waals surface area contributed by atoms with Gasteiger partial charge in [0.1, 0.15) is 6.07 Å². The van der Waals surface area contributed by atoms with Crippen molar-refractivity contribution in [3.8, 4) is 6.07 Å².